The second kappa shape index (κ2) is 7.45. The lowest BCUT2D eigenvalue weighted by Crippen LogP contribution is -2.50. The van der Waals surface area contributed by atoms with Gasteiger partial charge in [-0.05, 0) is 24.3 Å². The van der Waals surface area contributed by atoms with E-state index in [1.165, 1.54) is 0 Å². The molecule has 1 saturated heterocycles. The van der Waals surface area contributed by atoms with Crippen LogP contribution in [0.5, 0.6) is 0 Å². The molecule has 0 atom stereocenters. The first-order valence-electron chi connectivity index (χ1n) is 8.82. The lowest BCUT2D eigenvalue weighted by molar-refractivity contribution is 0.208. The zero-order valence-corrected chi connectivity index (χ0v) is 15.0. The zero-order valence-electron chi connectivity index (χ0n) is 15.0. The molecule has 1 N–H and O–H groups in total. The number of nitrogens with one attached hydrogen (secondary N) is 1. The number of carbonyl (C=O) groups is 1. The Labute approximate surface area is 156 Å². The lowest BCUT2D eigenvalue weighted by Gasteiger charge is -2.35. The van der Waals surface area contributed by atoms with Crippen molar-refractivity contribution in [1.29, 1.82) is 0 Å². The average Bonchev–Trinajstić information content (AvgIpc) is 3.15. The molecular weight excluding hydrogens is 344 g/mol. The molecule has 1 fully saturated rings. The molecule has 2 amide bonds. The van der Waals surface area contributed by atoms with Gasteiger partial charge in [-0.15, -0.1) is 0 Å². The molecule has 0 radical (unpaired) electrons. The fourth-order valence-electron chi connectivity index (χ4n) is 2.98. The highest BCUT2D eigenvalue weighted by Gasteiger charge is 2.22. The normalized spacial score (nSPS) is 14.3. The fourth-order valence-corrected chi connectivity index (χ4v) is 2.98. The predicted molar refractivity (Wildman–Crippen MR) is 102 cm³/mol. The minimum atomic E-state index is -0.0726. The number of hydrogen-bond acceptors (Lipinski definition) is 6. The van der Waals surface area contributed by atoms with E-state index in [0.29, 0.717) is 24.8 Å². The Morgan fingerprint density at radius 2 is 1.85 bits per heavy atom. The first-order chi connectivity index (χ1) is 13.2. The molecule has 0 unspecified atom stereocenters. The molecule has 1 aromatic carbocycles. The Morgan fingerprint density at radius 1 is 1.07 bits per heavy atom. The highest BCUT2D eigenvalue weighted by Crippen LogP contribution is 2.19. The number of nitrogens with zero attached hydrogens (tertiary/aromatic N) is 5. The molecule has 0 aliphatic carbocycles. The second-order valence-electron chi connectivity index (χ2n) is 6.31. The summed E-state index contributed by atoms with van der Waals surface area (Å²) in [5.74, 6) is 1.94. The van der Waals surface area contributed by atoms with Gasteiger partial charge >= 0.3 is 6.03 Å². The van der Waals surface area contributed by atoms with Crippen molar-refractivity contribution < 1.29 is 9.32 Å². The van der Waals surface area contributed by atoms with Crippen LogP contribution in [0.3, 0.4) is 0 Å². The van der Waals surface area contributed by atoms with E-state index in [4.69, 9.17) is 4.52 Å². The SMILES string of the molecule is Cc1nc(-c2ccc(N3CCN(C(=O)Nc4ccccc4)CC3)nc2)no1. The third-order valence-corrected chi connectivity index (χ3v) is 4.45. The Morgan fingerprint density at radius 3 is 2.48 bits per heavy atom. The van der Waals surface area contributed by atoms with Crippen LogP contribution in [-0.2, 0) is 0 Å². The average molecular weight is 364 g/mol. The van der Waals surface area contributed by atoms with Crippen LogP contribution in [0.1, 0.15) is 5.89 Å². The van der Waals surface area contributed by atoms with E-state index in [-0.39, 0.29) is 6.03 Å². The molecule has 8 nitrogen and oxygen atoms in total. The summed E-state index contributed by atoms with van der Waals surface area (Å²) in [7, 11) is 0. The molecule has 1 aliphatic rings. The number of carbonyl (C=O) groups excluding carboxylic acids is 1. The van der Waals surface area contributed by atoms with Crippen LogP contribution in [0.25, 0.3) is 11.4 Å². The summed E-state index contributed by atoms with van der Waals surface area (Å²) >= 11 is 0. The predicted octanol–water partition coefficient (Wildman–Crippen LogP) is 2.79. The van der Waals surface area contributed by atoms with Crippen LogP contribution in [0, 0.1) is 6.92 Å². The molecular formula is C19H20N6O2. The van der Waals surface area contributed by atoms with Crippen LogP contribution < -0.4 is 10.2 Å². The van der Waals surface area contributed by atoms with Gasteiger partial charge in [0.05, 0.1) is 0 Å². The van der Waals surface area contributed by atoms with Crippen molar-refractivity contribution in [2.75, 3.05) is 36.4 Å². The molecule has 138 valence electrons. The first kappa shape index (κ1) is 17.0. The molecule has 0 saturated carbocycles. The van der Waals surface area contributed by atoms with Crippen molar-refractivity contribution in [2.24, 2.45) is 0 Å². The van der Waals surface area contributed by atoms with Gasteiger partial charge in [-0.25, -0.2) is 9.78 Å². The molecule has 3 aromatic rings. The summed E-state index contributed by atoms with van der Waals surface area (Å²) in [4.78, 5) is 25.1. The van der Waals surface area contributed by atoms with Crippen LogP contribution in [0.4, 0.5) is 16.3 Å². The maximum absolute atomic E-state index is 12.4. The maximum Gasteiger partial charge on any atom is 0.321 e. The topological polar surface area (TPSA) is 87.4 Å². The van der Waals surface area contributed by atoms with Gasteiger partial charge in [0.2, 0.25) is 11.7 Å². The Hall–Kier alpha value is -3.42. The molecule has 8 heteroatoms. The summed E-state index contributed by atoms with van der Waals surface area (Å²) in [6.07, 6.45) is 1.74. The Bertz CT molecular complexity index is 901. The van der Waals surface area contributed by atoms with E-state index < -0.39 is 0 Å². The number of amides is 2. The van der Waals surface area contributed by atoms with Gasteiger partial charge in [-0.3, -0.25) is 0 Å². The van der Waals surface area contributed by atoms with Crippen LogP contribution >= 0.6 is 0 Å². The number of piperazine rings is 1. The molecule has 27 heavy (non-hydrogen) atoms. The van der Waals surface area contributed by atoms with Crippen molar-refractivity contribution >= 4 is 17.5 Å². The fraction of sp³-hybridized carbons (Fsp3) is 0.263. The van der Waals surface area contributed by atoms with Crippen LogP contribution in [-0.4, -0.2) is 52.2 Å². The third-order valence-electron chi connectivity index (χ3n) is 4.45. The third kappa shape index (κ3) is 3.89. The number of aromatic nitrogens is 3. The smallest absolute Gasteiger partial charge is 0.321 e. The van der Waals surface area contributed by atoms with E-state index in [2.05, 4.69) is 25.3 Å². The molecule has 1 aliphatic heterocycles. The van der Waals surface area contributed by atoms with Crippen molar-refractivity contribution in [3.63, 3.8) is 0 Å². The lowest BCUT2D eigenvalue weighted by atomic mass is 10.2. The summed E-state index contributed by atoms with van der Waals surface area (Å²) in [5.41, 5.74) is 1.62. The van der Waals surface area contributed by atoms with Gasteiger partial charge in [-0.1, -0.05) is 23.4 Å². The van der Waals surface area contributed by atoms with Gasteiger partial charge in [0.1, 0.15) is 5.82 Å². The molecule has 0 bridgehead atoms. The number of pyridine rings is 1. The second-order valence-corrected chi connectivity index (χ2v) is 6.31. The number of para-hydroxylation sites is 1. The quantitative estimate of drug-likeness (QED) is 0.769. The highest BCUT2D eigenvalue weighted by molar-refractivity contribution is 5.89. The van der Waals surface area contributed by atoms with E-state index in [0.717, 1.165) is 30.2 Å². The first-order valence-corrected chi connectivity index (χ1v) is 8.82. The number of aryl methyl sites for hydroxylation is 1. The van der Waals surface area contributed by atoms with E-state index in [1.54, 1.807) is 13.1 Å². The number of urea groups is 1. The molecule has 3 heterocycles. The Balaban J connectivity index is 1.34. The number of anilines is 2. The molecule has 0 spiro atoms. The van der Waals surface area contributed by atoms with E-state index in [9.17, 15) is 4.79 Å². The molecule has 4 rings (SSSR count). The van der Waals surface area contributed by atoms with Gasteiger partial charge in [0.25, 0.3) is 0 Å². The summed E-state index contributed by atoms with van der Waals surface area (Å²) in [6, 6.07) is 13.3. The highest BCUT2D eigenvalue weighted by atomic mass is 16.5. The van der Waals surface area contributed by atoms with Crippen molar-refractivity contribution in [3.05, 3.63) is 54.6 Å². The van der Waals surface area contributed by atoms with E-state index >= 15 is 0 Å². The monoisotopic (exact) mass is 364 g/mol. The number of rotatable bonds is 3. The van der Waals surface area contributed by atoms with Crippen LogP contribution in [0.2, 0.25) is 0 Å². The van der Waals surface area contributed by atoms with Crippen molar-refractivity contribution in [1.82, 2.24) is 20.0 Å². The zero-order chi connectivity index (χ0) is 18.6. The summed E-state index contributed by atoms with van der Waals surface area (Å²) in [5, 5.41) is 6.83. The minimum absolute atomic E-state index is 0.0726. The van der Waals surface area contributed by atoms with Gasteiger partial charge in [-0.2, -0.15) is 4.98 Å². The van der Waals surface area contributed by atoms with Gasteiger partial charge < -0.3 is 19.6 Å². The largest absolute Gasteiger partial charge is 0.353 e. The minimum Gasteiger partial charge on any atom is -0.353 e. The van der Waals surface area contributed by atoms with Crippen molar-refractivity contribution in [2.45, 2.75) is 6.92 Å². The Kier molecular flexibility index (Phi) is 4.69. The van der Waals surface area contributed by atoms with Crippen LogP contribution in [0.15, 0.2) is 53.2 Å². The molecule has 2 aromatic heterocycles. The van der Waals surface area contributed by atoms with E-state index in [1.807, 2.05) is 47.4 Å². The van der Waals surface area contributed by atoms with Gasteiger partial charge in [0, 0.05) is 50.6 Å². The maximum atomic E-state index is 12.4. The summed E-state index contributed by atoms with van der Waals surface area (Å²) < 4.78 is 5.00. The van der Waals surface area contributed by atoms with Crippen molar-refractivity contribution in [3.8, 4) is 11.4 Å². The number of benzene rings is 1. The van der Waals surface area contributed by atoms with Gasteiger partial charge in [0.15, 0.2) is 0 Å². The number of hydrogen-bond donors (Lipinski definition) is 1. The summed E-state index contributed by atoms with van der Waals surface area (Å²) in [6.45, 7) is 4.51. The standard InChI is InChI=1S/C19H20N6O2/c1-14-21-18(23-27-14)15-7-8-17(20-13-15)24-9-11-25(12-10-24)19(26)22-16-5-3-2-4-6-16/h2-8,13H,9-12H2,1H3,(H,22,26).